The first kappa shape index (κ1) is 9.45. The molecule has 0 aliphatic carbocycles. The molecule has 3 N–H and O–H groups in total. The molecule has 1 aromatic carbocycles. The minimum Gasteiger partial charge on any atom is -0.504 e. The van der Waals surface area contributed by atoms with Gasteiger partial charge in [-0.05, 0) is 24.1 Å². The van der Waals surface area contributed by atoms with Crippen LogP contribution in [0.2, 0.25) is 0 Å². The molecule has 1 rings (SSSR count). The molecular weight excluding hydrogens is 168 g/mol. The van der Waals surface area contributed by atoms with Gasteiger partial charge in [-0.1, -0.05) is 19.1 Å². The molecule has 0 aliphatic rings. The normalized spacial score (nSPS) is 10.8. The third-order valence-electron chi connectivity index (χ3n) is 1.64. The SMILES string of the molecule is CC/C=C/c1cc(O)c(O)c(O)c1. The number of hydrogen-bond acceptors (Lipinski definition) is 3. The highest BCUT2D eigenvalue weighted by atomic mass is 16.3. The minimum absolute atomic E-state index is 0.309. The van der Waals surface area contributed by atoms with Gasteiger partial charge in [-0.3, -0.25) is 0 Å². The Bertz CT molecular complexity index is 306. The fourth-order valence-electron chi connectivity index (χ4n) is 0.975. The average molecular weight is 180 g/mol. The van der Waals surface area contributed by atoms with Crippen molar-refractivity contribution in [1.29, 1.82) is 0 Å². The van der Waals surface area contributed by atoms with Gasteiger partial charge < -0.3 is 15.3 Å². The molecule has 0 fully saturated rings. The van der Waals surface area contributed by atoms with E-state index >= 15 is 0 Å². The van der Waals surface area contributed by atoms with Crippen molar-refractivity contribution in [1.82, 2.24) is 0 Å². The molecule has 3 nitrogen and oxygen atoms in total. The van der Waals surface area contributed by atoms with E-state index in [1.807, 2.05) is 13.0 Å². The number of rotatable bonds is 2. The third kappa shape index (κ3) is 2.15. The summed E-state index contributed by atoms with van der Waals surface area (Å²) >= 11 is 0. The van der Waals surface area contributed by atoms with Gasteiger partial charge in [-0.25, -0.2) is 0 Å². The van der Waals surface area contributed by atoms with Crippen LogP contribution in [-0.2, 0) is 0 Å². The first-order valence-corrected chi connectivity index (χ1v) is 4.06. The molecule has 13 heavy (non-hydrogen) atoms. The smallest absolute Gasteiger partial charge is 0.200 e. The highest BCUT2D eigenvalue weighted by Gasteiger charge is 2.05. The number of phenolic OH excluding ortho intramolecular Hbond substituents is 3. The second kappa shape index (κ2) is 3.85. The van der Waals surface area contributed by atoms with Crippen molar-refractivity contribution in [3.63, 3.8) is 0 Å². The summed E-state index contributed by atoms with van der Waals surface area (Å²) < 4.78 is 0. The molecule has 0 saturated carbocycles. The summed E-state index contributed by atoms with van der Waals surface area (Å²) in [5, 5.41) is 27.3. The number of aromatic hydroxyl groups is 3. The summed E-state index contributed by atoms with van der Waals surface area (Å²) in [4.78, 5) is 0. The number of allylic oxidation sites excluding steroid dienone is 1. The largest absolute Gasteiger partial charge is 0.504 e. The van der Waals surface area contributed by atoms with E-state index in [1.54, 1.807) is 6.08 Å². The van der Waals surface area contributed by atoms with Gasteiger partial charge in [0.05, 0.1) is 0 Å². The lowest BCUT2D eigenvalue weighted by Crippen LogP contribution is -1.75. The Hall–Kier alpha value is -1.64. The lowest BCUT2D eigenvalue weighted by molar-refractivity contribution is 0.368. The summed E-state index contributed by atoms with van der Waals surface area (Å²) in [6.45, 7) is 1.98. The lowest BCUT2D eigenvalue weighted by Gasteiger charge is -2.01. The average Bonchev–Trinajstić information content (AvgIpc) is 2.10. The highest BCUT2D eigenvalue weighted by Crippen LogP contribution is 2.35. The predicted molar refractivity (Wildman–Crippen MR) is 50.8 cm³/mol. The van der Waals surface area contributed by atoms with Gasteiger partial charge in [0.1, 0.15) is 0 Å². The summed E-state index contributed by atoms with van der Waals surface area (Å²) in [5.74, 6) is -1.10. The topological polar surface area (TPSA) is 60.7 Å². The molecule has 0 bridgehead atoms. The van der Waals surface area contributed by atoms with Crippen LogP contribution in [-0.4, -0.2) is 15.3 Å². The number of hydrogen-bond donors (Lipinski definition) is 3. The van der Waals surface area contributed by atoms with Crippen molar-refractivity contribution in [2.45, 2.75) is 13.3 Å². The van der Waals surface area contributed by atoms with Crippen LogP contribution in [0.25, 0.3) is 6.08 Å². The van der Waals surface area contributed by atoms with E-state index in [2.05, 4.69) is 0 Å². The van der Waals surface area contributed by atoms with E-state index < -0.39 is 5.75 Å². The minimum atomic E-state index is -0.478. The molecule has 0 aliphatic heterocycles. The van der Waals surface area contributed by atoms with Crippen molar-refractivity contribution in [2.75, 3.05) is 0 Å². The van der Waals surface area contributed by atoms with Gasteiger partial charge in [-0.15, -0.1) is 0 Å². The van der Waals surface area contributed by atoms with Crippen LogP contribution in [0.15, 0.2) is 18.2 Å². The zero-order chi connectivity index (χ0) is 9.84. The van der Waals surface area contributed by atoms with Gasteiger partial charge in [0.15, 0.2) is 17.2 Å². The molecule has 0 unspecified atom stereocenters. The molecule has 0 aromatic heterocycles. The van der Waals surface area contributed by atoms with Crippen LogP contribution in [0.4, 0.5) is 0 Å². The molecule has 0 spiro atoms. The van der Waals surface area contributed by atoms with Crippen molar-refractivity contribution in [3.8, 4) is 17.2 Å². The Morgan fingerprint density at radius 2 is 1.69 bits per heavy atom. The standard InChI is InChI=1S/C10H12O3/c1-2-3-4-7-5-8(11)10(13)9(12)6-7/h3-6,11-13H,2H2,1H3/b4-3+. The molecule has 0 radical (unpaired) electrons. The van der Waals surface area contributed by atoms with E-state index in [0.717, 1.165) is 6.42 Å². The lowest BCUT2D eigenvalue weighted by atomic mass is 10.1. The molecule has 3 heteroatoms. The molecular formula is C10H12O3. The predicted octanol–water partition coefficient (Wildman–Crippen LogP) is 2.23. The van der Waals surface area contributed by atoms with Gasteiger partial charge in [-0.2, -0.15) is 0 Å². The Kier molecular flexibility index (Phi) is 2.80. The fourth-order valence-corrected chi connectivity index (χ4v) is 0.975. The van der Waals surface area contributed by atoms with Gasteiger partial charge >= 0.3 is 0 Å². The summed E-state index contributed by atoms with van der Waals surface area (Å²) in [7, 11) is 0. The fraction of sp³-hybridized carbons (Fsp3) is 0.200. The van der Waals surface area contributed by atoms with Crippen LogP contribution in [0.3, 0.4) is 0 Å². The van der Waals surface area contributed by atoms with Crippen LogP contribution < -0.4 is 0 Å². The summed E-state index contributed by atoms with van der Waals surface area (Å²) in [6.07, 6.45) is 4.53. The van der Waals surface area contributed by atoms with Crippen molar-refractivity contribution in [2.24, 2.45) is 0 Å². The first-order chi connectivity index (χ1) is 6.15. The quantitative estimate of drug-likeness (QED) is 0.611. The second-order valence-corrected chi connectivity index (χ2v) is 2.72. The number of phenols is 3. The maximum atomic E-state index is 9.14. The van der Waals surface area contributed by atoms with E-state index in [0.29, 0.717) is 5.56 Å². The zero-order valence-electron chi connectivity index (χ0n) is 7.36. The second-order valence-electron chi connectivity index (χ2n) is 2.72. The maximum Gasteiger partial charge on any atom is 0.200 e. The molecule has 70 valence electrons. The molecule has 1 aromatic rings. The van der Waals surface area contributed by atoms with Crippen molar-refractivity contribution < 1.29 is 15.3 Å². The summed E-state index contributed by atoms with van der Waals surface area (Å²) in [5.41, 5.74) is 0.662. The Morgan fingerprint density at radius 3 is 2.15 bits per heavy atom. The Morgan fingerprint density at radius 1 is 1.15 bits per heavy atom. The molecule has 0 heterocycles. The van der Waals surface area contributed by atoms with Crippen LogP contribution in [0.1, 0.15) is 18.9 Å². The van der Waals surface area contributed by atoms with Gasteiger partial charge in [0, 0.05) is 0 Å². The van der Waals surface area contributed by atoms with Crippen LogP contribution in [0.5, 0.6) is 17.2 Å². The first-order valence-electron chi connectivity index (χ1n) is 4.06. The molecule has 0 amide bonds. The van der Waals surface area contributed by atoms with Crippen LogP contribution in [0, 0.1) is 0 Å². The third-order valence-corrected chi connectivity index (χ3v) is 1.64. The van der Waals surface area contributed by atoms with E-state index in [9.17, 15) is 0 Å². The maximum absolute atomic E-state index is 9.14. The highest BCUT2D eigenvalue weighted by molar-refractivity contribution is 5.60. The van der Waals surface area contributed by atoms with E-state index in [4.69, 9.17) is 15.3 Å². The van der Waals surface area contributed by atoms with E-state index in [-0.39, 0.29) is 11.5 Å². The van der Waals surface area contributed by atoms with Gasteiger partial charge in [0.2, 0.25) is 0 Å². The zero-order valence-corrected chi connectivity index (χ0v) is 7.36. The molecule has 0 saturated heterocycles. The Labute approximate surface area is 76.6 Å². The Balaban J connectivity index is 3.06. The monoisotopic (exact) mass is 180 g/mol. The van der Waals surface area contributed by atoms with Crippen molar-refractivity contribution in [3.05, 3.63) is 23.8 Å². The summed E-state index contributed by atoms with van der Waals surface area (Å²) in [6, 6.07) is 2.78. The van der Waals surface area contributed by atoms with Crippen molar-refractivity contribution >= 4 is 6.08 Å². The van der Waals surface area contributed by atoms with Gasteiger partial charge in [0.25, 0.3) is 0 Å². The molecule has 0 atom stereocenters. The van der Waals surface area contributed by atoms with Crippen LogP contribution >= 0.6 is 0 Å². The number of benzene rings is 1. The van der Waals surface area contributed by atoms with E-state index in [1.165, 1.54) is 12.1 Å².